The molecule has 1 fully saturated rings. The molecule has 2 aromatic rings. The van der Waals surface area contributed by atoms with Crippen LogP contribution in [0.1, 0.15) is 75.5 Å². The van der Waals surface area contributed by atoms with Crippen molar-refractivity contribution < 1.29 is 0 Å². The summed E-state index contributed by atoms with van der Waals surface area (Å²) in [7, 11) is 0. The molecule has 1 atom stereocenters. The minimum atomic E-state index is 0.210. The average molecular weight is 321 g/mol. The fourth-order valence-corrected chi connectivity index (χ4v) is 4.40. The van der Waals surface area contributed by atoms with Gasteiger partial charge >= 0.3 is 0 Å². The lowest BCUT2D eigenvalue weighted by molar-refractivity contribution is 0.435. The van der Waals surface area contributed by atoms with Gasteiger partial charge in [-0.05, 0) is 46.8 Å². The first-order chi connectivity index (χ1) is 11.5. The van der Waals surface area contributed by atoms with Crippen LogP contribution in [0, 0.1) is 5.92 Å². The summed E-state index contributed by atoms with van der Waals surface area (Å²) in [6.07, 6.45) is 8.26. The number of hydrogen-bond acceptors (Lipinski definition) is 0. The Kier molecular flexibility index (Phi) is 5.43. The standard InChI is InChI=1S/C24H32/c1-24(2,3)23-16-10-9-15-22(23)21(18-20-13-7-8-14-20)17-19-11-5-4-6-12-19/h4-6,9-12,15-16,20-21H,7-8,13-14,17-18H2,1-3H3. The van der Waals surface area contributed by atoms with Crippen LogP contribution in [0.5, 0.6) is 0 Å². The fourth-order valence-electron chi connectivity index (χ4n) is 4.40. The van der Waals surface area contributed by atoms with Gasteiger partial charge in [0.1, 0.15) is 0 Å². The van der Waals surface area contributed by atoms with E-state index in [9.17, 15) is 0 Å². The van der Waals surface area contributed by atoms with Crippen molar-refractivity contribution in [2.24, 2.45) is 5.92 Å². The topological polar surface area (TPSA) is 0 Å². The molecule has 24 heavy (non-hydrogen) atoms. The predicted octanol–water partition coefficient (Wildman–Crippen LogP) is 6.89. The van der Waals surface area contributed by atoms with Crippen molar-refractivity contribution in [3.05, 3.63) is 71.3 Å². The van der Waals surface area contributed by atoms with E-state index in [-0.39, 0.29) is 5.41 Å². The molecule has 0 nitrogen and oxygen atoms in total. The summed E-state index contributed by atoms with van der Waals surface area (Å²) in [5.41, 5.74) is 4.80. The number of benzene rings is 2. The summed E-state index contributed by atoms with van der Waals surface area (Å²) >= 11 is 0. The summed E-state index contributed by atoms with van der Waals surface area (Å²) in [5.74, 6) is 1.57. The van der Waals surface area contributed by atoms with Gasteiger partial charge in [-0.2, -0.15) is 0 Å². The maximum atomic E-state index is 2.39. The lowest BCUT2D eigenvalue weighted by atomic mass is 9.76. The first-order valence-electron chi connectivity index (χ1n) is 9.67. The van der Waals surface area contributed by atoms with Crippen LogP contribution in [0.4, 0.5) is 0 Å². The molecule has 0 amide bonds. The normalized spacial score (nSPS) is 17.1. The molecule has 0 radical (unpaired) electrons. The summed E-state index contributed by atoms with van der Waals surface area (Å²) in [5, 5.41) is 0. The Morgan fingerprint density at radius 1 is 0.875 bits per heavy atom. The molecule has 1 aliphatic carbocycles. The summed E-state index contributed by atoms with van der Waals surface area (Å²) in [4.78, 5) is 0. The second-order valence-corrected chi connectivity index (χ2v) is 8.61. The molecular formula is C24H32. The molecule has 3 rings (SSSR count). The lowest BCUT2D eigenvalue weighted by Crippen LogP contribution is -2.18. The van der Waals surface area contributed by atoms with Gasteiger partial charge in [0.05, 0.1) is 0 Å². The molecule has 1 unspecified atom stereocenters. The largest absolute Gasteiger partial charge is 0.0622 e. The van der Waals surface area contributed by atoms with Crippen LogP contribution in [0.2, 0.25) is 0 Å². The molecule has 2 aromatic carbocycles. The molecule has 0 N–H and O–H groups in total. The van der Waals surface area contributed by atoms with Gasteiger partial charge in [0.2, 0.25) is 0 Å². The lowest BCUT2D eigenvalue weighted by Gasteiger charge is -2.29. The first kappa shape index (κ1) is 17.3. The van der Waals surface area contributed by atoms with E-state index < -0.39 is 0 Å². The van der Waals surface area contributed by atoms with Gasteiger partial charge in [-0.3, -0.25) is 0 Å². The van der Waals surface area contributed by atoms with E-state index in [1.54, 1.807) is 5.56 Å². The maximum absolute atomic E-state index is 2.39. The van der Waals surface area contributed by atoms with Crippen LogP contribution in [0.3, 0.4) is 0 Å². The number of rotatable bonds is 5. The molecule has 0 heterocycles. The Hall–Kier alpha value is -1.56. The summed E-state index contributed by atoms with van der Waals surface area (Å²) in [6.45, 7) is 7.04. The van der Waals surface area contributed by atoms with Crippen LogP contribution in [-0.2, 0) is 11.8 Å². The maximum Gasteiger partial charge on any atom is -0.0116 e. The highest BCUT2D eigenvalue weighted by Crippen LogP contribution is 2.39. The third-order valence-electron chi connectivity index (χ3n) is 5.63. The van der Waals surface area contributed by atoms with E-state index in [1.165, 1.54) is 49.7 Å². The highest BCUT2D eigenvalue weighted by molar-refractivity contribution is 5.36. The van der Waals surface area contributed by atoms with E-state index in [0.717, 1.165) is 5.92 Å². The van der Waals surface area contributed by atoms with Crippen LogP contribution in [0.15, 0.2) is 54.6 Å². The van der Waals surface area contributed by atoms with Crippen molar-refractivity contribution in [1.29, 1.82) is 0 Å². The zero-order valence-corrected chi connectivity index (χ0v) is 15.6. The third kappa shape index (κ3) is 4.29. The number of hydrogen-bond donors (Lipinski definition) is 0. The first-order valence-corrected chi connectivity index (χ1v) is 9.67. The molecular weight excluding hydrogens is 288 g/mol. The van der Waals surface area contributed by atoms with E-state index in [4.69, 9.17) is 0 Å². The van der Waals surface area contributed by atoms with E-state index >= 15 is 0 Å². The van der Waals surface area contributed by atoms with Crippen LogP contribution < -0.4 is 0 Å². The Bertz CT molecular complexity index is 627. The smallest absolute Gasteiger partial charge is 0.0116 e. The predicted molar refractivity (Wildman–Crippen MR) is 105 cm³/mol. The van der Waals surface area contributed by atoms with Gasteiger partial charge in [0.25, 0.3) is 0 Å². The van der Waals surface area contributed by atoms with Crippen molar-refractivity contribution in [2.75, 3.05) is 0 Å². The third-order valence-corrected chi connectivity index (χ3v) is 5.63. The van der Waals surface area contributed by atoms with Gasteiger partial charge < -0.3 is 0 Å². The minimum absolute atomic E-state index is 0.210. The molecule has 128 valence electrons. The second-order valence-electron chi connectivity index (χ2n) is 8.61. The highest BCUT2D eigenvalue weighted by Gasteiger charge is 2.26. The summed E-state index contributed by atoms with van der Waals surface area (Å²) in [6, 6.07) is 20.2. The van der Waals surface area contributed by atoms with Gasteiger partial charge in [0.15, 0.2) is 0 Å². The quantitative estimate of drug-likeness (QED) is 0.562. The SMILES string of the molecule is CC(C)(C)c1ccccc1C(Cc1ccccc1)CC1CCCC1. The Labute approximate surface area is 148 Å². The molecule has 1 saturated carbocycles. The van der Waals surface area contributed by atoms with E-state index in [2.05, 4.69) is 75.4 Å². The van der Waals surface area contributed by atoms with Crippen LogP contribution >= 0.6 is 0 Å². The Balaban J connectivity index is 1.91. The van der Waals surface area contributed by atoms with Gasteiger partial charge in [-0.1, -0.05) is 101 Å². The second kappa shape index (κ2) is 7.55. The van der Waals surface area contributed by atoms with E-state index in [1.807, 2.05) is 0 Å². The molecule has 0 aliphatic heterocycles. The molecule has 0 aromatic heterocycles. The van der Waals surface area contributed by atoms with Crippen LogP contribution in [-0.4, -0.2) is 0 Å². The van der Waals surface area contributed by atoms with Crippen molar-refractivity contribution >= 4 is 0 Å². The zero-order chi connectivity index (χ0) is 17.0. The molecule has 0 saturated heterocycles. The van der Waals surface area contributed by atoms with Crippen molar-refractivity contribution in [3.63, 3.8) is 0 Å². The average Bonchev–Trinajstić information content (AvgIpc) is 3.07. The minimum Gasteiger partial charge on any atom is -0.0622 e. The van der Waals surface area contributed by atoms with E-state index in [0.29, 0.717) is 5.92 Å². The zero-order valence-electron chi connectivity index (χ0n) is 15.6. The summed E-state index contributed by atoms with van der Waals surface area (Å²) < 4.78 is 0. The van der Waals surface area contributed by atoms with Gasteiger partial charge in [-0.15, -0.1) is 0 Å². The van der Waals surface area contributed by atoms with Crippen molar-refractivity contribution in [3.8, 4) is 0 Å². The monoisotopic (exact) mass is 320 g/mol. The highest BCUT2D eigenvalue weighted by atomic mass is 14.3. The Morgan fingerprint density at radius 2 is 1.50 bits per heavy atom. The van der Waals surface area contributed by atoms with Gasteiger partial charge in [0, 0.05) is 0 Å². The van der Waals surface area contributed by atoms with Crippen molar-refractivity contribution in [1.82, 2.24) is 0 Å². The fraction of sp³-hybridized carbons (Fsp3) is 0.500. The van der Waals surface area contributed by atoms with Crippen LogP contribution in [0.25, 0.3) is 0 Å². The molecule has 0 bridgehead atoms. The van der Waals surface area contributed by atoms with Gasteiger partial charge in [-0.25, -0.2) is 0 Å². The Morgan fingerprint density at radius 3 is 2.17 bits per heavy atom. The molecule has 1 aliphatic rings. The van der Waals surface area contributed by atoms with Crippen molar-refractivity contribution in [2.45, 2.75) is 70.6 Å². The molecule has 0 spiro atoms. The molecule has 0 heteroatoms.